The zero-order chi connectivity index (χ0) is 24.5. The Balaban J connectivity index is 2.74. The first-order valence-corrected chi connectivity index (χ1v) is 12.6. The first-order valence-electron chi connectivity index (χ1n) is 12.6. The van der Waals surface area contributed by atoms with Crippen LogP contribution in [0.4, 0.5) is 0 Å². The lowest BCUT2D eigenvalue weighted by Crippen LogP contribution is -2.28. The second-order valence-corrected chi connectivity index (χ2v) is 9.29. The third-order valence-corrected chi connectivity index (χ3v) is 5.90. The summed E-state index contributed by atoms with van der Waals surface area (Å²) in [4.78, 5) is 23.7. The molecule has 1 aliphatic heterocycles. The fraction of sp³-hybridized carbons (Fsp3) is 0.704. The van der Waals surface area contributed by atoms with Crippen LogP contribution in [0, 0.1) is 0 Å². The molecular weight excluding hydrogens is 420 g/mol. The third-order valence-electron chi connectivity index (χ3n) is 5.90. The number of hydrogen-bond acceptors (Lipinski definition) is 5. The van der Waals surface area contributed by atoms with Crippen LogP contribution in [0.3, 0.4) is 0 Å². The predicted molar refractivity (Wildman–Crippen MR) is 131 cm³/mol. The summed E-state index contributed by atoms with van der Waals surface area (Å²) in [7, 11) is 0. The van der Waals surface area contributed by atoms with Crippen molar-refractivity contribution in [1.82, 2.24) is 0 Å². The molecule has 0 aromatic carbocycles. The fourth-order valence-electron chi connectivity index (χ4n) is 4.13. The van der Waals surface area contributed by atoms with Crippen LogP contribution in [0.15, 0.2) is 35.5 Å². The van der Waals surface area contributed by atoms with Gasteiger partial charge in [-0.2, -0.15) is 0 Å². The highest BCUT2D eigenvalue weighted by atomic mass is 16.5. The number of carboxylic acid groups (broad SMARTS) is 1. The van der Waals surface area contributed by atoms with Crippen molar-refractivity contribution >= 4 is 11.9 Å². The molecule has 1 unspecified atom stereocenters. The van der Waals surface area contributed by atoms with Gasteiger partial charge in [0.15, 0.2) is 0 Å². The number of aliphatic carboxylic acids is 1. The summed E-state index contributed by atoms with van der Waals surface area (Å²) in [6, 6.07) is 0. The van der Waals surface area contributed by atoms with Crippen LogP contribution in [-0.4, -0.2) is 45.6 Å². The molecule has 3 N–H and O–H groups in total. The molecule has 0 aromatic rings. The van der Waals surface area contributed by atoms with Gasteiger partial charge in [0.1, 0.15) is 6.10 Å². The number of carbonyl (C=O) groups excluding carboxylic acids is 1. The van der Waals surface area contributed by atoms with Crippen LogP contribution >= 0.6 is 0 Å². The molecule has 6 heteroatoms. The van der Waals surface area contributed by atoms with Crippen molar-refractivity contribution in [1.29, 1.82) is 0 Å². The quantitative estimate of drug-likeness (QED) is 0.196. The van der Waals surface area contributed by atoms with Gasteiger partial charge in [-0.05, 0) is 38.2 Å². The van der Waals surface area contributed by atoms with E-state index >= 15 is 0 Å². The van der Waals surface area contributed by atoms with Crippen LogP contribution in [0.1, 0.15) is 104 Å². The maximum Gasteiger partial charge on any atom is 0.331 e. The molecule has 0 saturated heterocycles. The lowest BCUT2D eigenvalue weighted by molar-refractivity contribution is -0.146. The molecular formula is C27H44O6. The molecule has 0 bridgehead atoms. The number of esters is 1. The van der Waals surface area contributed by atoms with Crippen LogP contribution in [-0.2, 0) is 14.3 Å². The van der Waals surface area contributed by atoms with Gasteiger partial charge < -0.3 is 20.1 Å². The summed E-state index contributed by atoms with van der Waals surface area (Å²) in [6.45, 7) is 4.15. The van der Waals surface area contributed by atoms with E-state index in [9.17, 15) is 19.8 Å². The van der Waals surface area contributed by atoms with E-state index < -0.39 is 30.3 Å². The number of hydrogen-bond donors (Lipinski definition) is 3. The van der Waals surface area contributed by atoms with Gasteiger partial charge >= 0.3 is 11.9 Å². The lowest BCUT2D eigenvalue weighted by Gasteiger charge is -2.23. The molecule has 1 heterocycles. The van der Waals surface area contributed by atoms with Gasteiger partial charge in [0.05, 0.1) is 18.6 Å². The van der Waals surface area contributed by atoms with Gasteiger partial charge in [-0.1, -0.05) is 75.7 Å². The van der Waals surface area contributed by atoms with Crippen molar-refractivity contribution in [3.63, 3.8) is 0 Å². The zero-order valence-corrected chi connectivity index (χ0v) is 20.5. The van der Waals surface area contributed by atoms with E-state index in [0.717, 1.165) is 18.4 Å². The Morgan fingerprint density at radius 3 is 2.55 bits per heavy atom. The number of carboxylic acids is 1. The number of cyclic esters (lactones) is 1. The van der Waals surface area contributed by atoms with Crippen LogP contribution in [0.25, 0.3) is 0 Å². The maximum absolute atomic E-state index is 12.5. The lowest BCUT2D eigenvalue weighted by atomic mass is 9.97. The summed E-state index contributed by atoms with van der Waals surface area (Å²) < 4.78 is 5.58. The predicted octanol–water partition coefficient (Wildman–Crippen LogP) is 5.63. The Kier molecular flexibility index (Phi) is 15.5. The summed E-state index contributed by atoms with van der Waals surface area (Å²) in [5, 5.41) is 30.2. The first kappa shape index (κ1) is 29.1. The smallest absolute Gasteiger partial charge is 0.331 e. The monoisotopic (exact) mass is 464 g/mol. The van der Waals surface area contributed by atoms with Crippen molar-refractivity contribution in [3.8, 4) is 0 Å². The molecule has 33 heavy (non-hydrogen) atoms. The van der Waals surface area contributed by atoms with E-state index in [1.165, 1.54) is 38.2 Å². The highest BCUT2D eigenvalue weighted by molar-refractivity contribution is 5.84. The molecule has 0 aliphatic carbocycles. The summed E-state index contributed by atoms with van der Waals surface area (Å²) >= 11 is 0. The number of aliphatic hydroxyl groups excluding tert-OH is 2. The van der Waals surface area contributed by atoms with Crippen molar-refractivity contribution in [3.05, 3.63) is 35.5 Å². The summed E-state index contributed by atoms with van der Waals surface area (Å²) in [6.07, 6.45) is 15.7. The van der Waals surface area contributed by atoms with Gasteiger partial charge in [-0.25, -0.2) is 4.79 Å². The number of allylic oxidation sites excluding steroid dienone is 3. The number of ether oxygens (including phenoxy) is 1. The number of unbranched alkanes of at least 4 members (excludes halogenated alkanes) is 6. The summed E-state index contributed by atoms with van der Waals surface area (Å²) in [5.41, 5.74) is 1.50. The Bertz CT molecular complexity index is 664. The van der Waals surface area contributed by atoms with Gasteiger partial charge in [0, 0.05) is 18.9 Å². The summed E-state index contributed by atoms with van der Waals surface area (Å²) in [5.74, 6) is -1.62. The maximum atomic E-state index is 12.5. The Morgan fingerprint density at radius 2 is 1.85 bits per heavy atom. The molecule has 0 amide bonds. The average molecular weight is 465 g/mol. The highest BCUT2D eigenvalue weighted by Gasteiger charge is 2.22. The van der Waals surface area contributed by atoms with E-state index in [2.05, 4.69) is 6.92 Å². The molecule has 0 spiro atoms. The topological polar surface area (TPSA) is 104 Å². The zero-order valence-electron chi connectivity index (χ0n) is 20.5. The number of aliphatic hydroxyl groups is 2. The van der Waals surface area contributed by atoms with Gasteiger partial charge in [0.2, 0.25) is 0 Å². The molecule has 1 aliphatic rings. The van der Waals surface area contributed by atoms with Crippen LogP contribution < -0.4 is 0 Å². The highest BCUT2D eigenvalue weighted by Crippen LogP contribution is 2.20. The van der Waals surface area contributed by atoms with E-state index in [0.29, 0.717) is 31.3 Å². The standard InChI is InChI=1S/C27H44O6/c1-3-4-5-6-7-8-12-15-23(28)19-25-20-24(29)16-21(2)13-10-9-11-14-22(17-26(30)31)18-27(32)33-25/h9,11,13,18,23-25,28-29H,3-8,10,12,14-17,19-20H2,1-2H3,(H,30,31)/b11-9+,21-13+,22-18+/t23?,24-,25+/m0/s1. The minimum absolute atomic E-state index is 0.234. The SMILES string of the molecule is CCCCCCCCCC(O)C[C@@H]1C[C@@H](O)C/C(C)=C/C/C=C/C/C(CC(=O)O)=C\C(=O)O1. The van der Waals surface area contributed by atoms with Crippen molar-refractivity contribution in [2.45, 2.75) is 122 Å². The fourth-order valence-corrected chi connectivity index (χ4v) is 4.13. The van der Waals surface area contributed by atoms with E-state index in [1.54, 1.807) is 0 Å². The van der Waals surface area contributed by atoms with Crippen LogP contribution in [0.5, 0.6) is 0 Å². The van der Waals surface area contributed by atoms with Crippen molar-refractivity contribution in [2.24, 2.45) is 0 Å². The molecule has 0 fully saturated rings. The number of rotatable bonds is 12. The average Bonchev–Trinajstić information content (AvgIpc) is 2.71. The van der Waals surface area contributed by atoms with E-state index in [1.807, 2.05) is 25.2 Å². The molecule has 1 rings (SSSR count). The molecule has 6 nitrogen and oxygen atoms in total. The molecule has 0 radical (unpaired) electrons. The molecule has 188 valence electrons. The second-order valence-electron chi connectivity index (χ2n) is 9.29. The van der Waals surface area contributed by atoms with Gasteiger partial charge in [-0.15, -0.1) is 0 Å². The Morgan fingerprint density at radius 1 is 1.15 bits per heavy atom. The Labute approximate surface area is 199 Å². The Hall–Kier alpha value is -1.92. The van der Waals surface area contributed by atoms with Gasteiger partial charge in [0.25, 0.3) is 0 Å². The largest absolute Gasteiger partial charge is 0.481 e. The minimum atomic E-state index is -1.00. The van der Waals surface area contributed by atoms with E-state index in [4.69, 9.17) is 9.84 Å². The van der Waals surface area contributed by atoms with Crippen LogP contribution in [0.2, 0.25) is 0 Å². The second kappa shape index (κ2) is 17.5. The minimum Gasteiger partial charge on any atom is -0.481 e. The van der Waals surface area contributed by atoms with Gasteiger partial charge in [-0.3, -0.25) is 4.79 Å². The normalized spacial score (nSPS) is 25.6. The first-order chi connectivity index (χ1) is 15.8. The molecule has 0 aromatic heterocycles. The molecule has 3 atom stereocenters. The van der Waals surface area contributed by atoms with Crippen molar-refractivity contribution < 1.29 is 29.6 Å². The van der Waals surface area contributed by atoms with E-state index in [-0.39, 0.29) is 19.3 Å². The number of carbonyl (C=O) groups is 2. The third kappa shape index (κ3) is 15.5. The molecule has 0 saturated carbocycles. The van der Waals surface area contributed by atoms with Crippen molar-refractivity contribution in [2.75, 3.05) is 0 Å².